The molecule has 0 radical (unpaired) electrons. The van der Waals surface area contributed by atoms with Gasteiger partial charge in [0.15, 0.2) is 0 Å². The molecule has 0 fully saturated rings. The number of nitrogens with one attached hydrogen (secondary N) is 1. The molecule has 7 nitrogen and oxygen atoms in total. The number of hydrogen-bond acceptors (Lipinski definition) is 6. The molecule has 0 aromatic heterocycles. The Kier molecular flexibility index (Phi) is 6.97. The Labute approximate surface area is 156 Å². The van der Waals surface area contributed by atoms with E-state index in [-0.39, 0.29) is 18.1 Å². The summed E-state index contributed by atoms with van der Waals surface area (Å²) >= 11 is 5.75. The van der Waals surface area contributed by atoms with Crippen molar-refractivity contribution in [1.29, 1.82) is 5.26 Å². The average Bonchev–Trinajstić information content (AvgIpc) is 2.65. The van der Waals surface area contributed by atoms with Gasteiger partial charge in [0.1, 0.15) is 25.5 Å². The van der Waals surface area contributed by atoms with Crippen molar-refractivity contribution in [1.82, 2.24) is 4.72 Å². The molecule has 1 N–H and O–H groups in total. The summed E-state index contributed by atoms with van der Waals surface area (Å²) in [5, 5.41) is 9.28. The van der Waals surface area contributed by atoms with E-state index in [1.165, 1.54) is 24.3 Å². The Morgan fingerprint density at radius 3 is 2.35 bits per heavy atom. The lowest BCUT2D eigenvalue weighted by Gasteiger charge is -2.09. The lowest BCUT2D eigenvalue weighted by atomic mass is 10.2. The quantitative estimate of drug-likeness (QED) is 0.543. The average molecular weight is 395 g/mol. The maximum atomic E-state index is 12.0. The molecule has 0 aliphatic heterocycles. The molecule has 0 aliphatic carbocycles. The number of nitriles is 1. The number of halogens is 1. The summed E-state index contributed by atoms with van der Waals surface area (Å²) in [6.45, 7) is -0.418. The molecule has 0 atom stereocenters. The normalized spacial score (nSPS) is 10.8. The summed E-state index contributed by atoms with van der Waals surface area (Å²) < 4.78 is 36.5. The van der Waals surface area contributed by atoms with Crippen LogP contribution in [0.5, 0.6) is 5.75 Å². The molecule has 2 aromatic carbocycles. The molecule has 0 heterocycles. The smallest absolute Gasteiger partial charge is 0.321 e. The van der Waals surface area contributed by atoms with Crippen LogP contribution in [0, 0.1) is 11.3 Å². The molecule has 0 saturated carbocycles. The molecule has 136 valence electrons. The minimum absolute atomic E-state index is 0.0277. The summed E-state index contributed by atoms with van der Waals surface area (Å²) in [4.78, 5) is 11.6. The van der Waals surface area contributed by atoms with Crippen LogP contribution in [0.4, 0.5) is 0 Å². The SMILES string of the molecule is N#Cc1ccc(S(=O)(=O)NCC(=O)OCCOc2ccc(Cl)cc2)cc1. The van der Waals surface area contributed by atoms with E-state index in [2.05, 4.69) is 4.72 Å². The first-order chi connectivity index (χ1) is 12.4. The van der Waals surface area contributed by atoms with Crippen molar-refractivity contribution in [3.63, 3.8) is 0 Å². The van der Waals surface area contributed by atoms with Gasteiger partial charge in [-0.1, -0.05) is 11.6 Å². The molecule has 0 aliphatic rings. The van der Waals surface area contributed by atoms with Crippen LogP contribution in [-0.2, 0) is 19.6 Å². The number of sulfonamides is 1. The summed E-state index contributed by atoms with van der Waals surface area (Å²) in [6, 6.07) is 13.9. The van der Waals surface area contributed by atoms with E-state index in [1.54, 1.807) is 24.3 Å². The highest BCUT2D eigenvalue weighted by atomic mass is 35.5. The number of rotatable bonds is 8. The van der Waals surface area contributed by atoms with Gasteiger partial charge in [-0.15, -0.1) is 0 Å². The monoisotopic (exact) mass is 394 g/mol. The van der Waals surface area contributed by atoms with Crippen LogP contribution >= 0.6 is 11.6 Å². The maximum absolute atomic E-state index is 12.0. The van der Waals surface area contributed by atoms with Crippen molar-refractivity contribution in [2.45, 2.75) is 4.90 Å². The van der Waals surface area contributed by atoms with Crippen LogP contribution < -0.4 is 9.46 Å². The van der Waals surface area contributed by atoms with Crippen LogP contribution in [-0.4, -0.2) is 34.1 Å². The lowest BCUT2D eigenvalue weighted by molar-refractivity contribution is -0.142. The van der Waals surface area contributed by atoms with Gasteiger partial charge in [0, 0.05) is 5.02 Å². The predicted molar refractivity (Wildman–Crippen MR) is 94.3 cm³/mol. The van der Waals surface area contributed by atoms with Gasteiger partial charge >= 0.3 is 5.97 Å². The largest absolute Gasteiger partial charge is 0.490 e. The van der Waals surface area contributed by atoms with E-state index in [1.807, 2.05) is 6.07 Å². The molecular formula is C17H15ClN2O5S. The zero-order valence-corrected chi connectivity index (χ0v) is 15.1. The van der Waals surface area contributed by atoms with Gasteiger partial charge in [-0.05, 0) is 48.5 Å². The van der Waals surface area contributed by atoms with Gasteiger partial charge in [-0.2, -0.15) is 9.98 Å². The van der Waals surface area contributed by atoms with Gasteiger partial charge in [0.2, 0.25) is 10.0 Å². The number of benzene rings is 2. The number of carbonyl (C=O) groups excluding carboxylic acids is 1. The number of ether oxygens (including phenoxy) is 2. The molecule has 0 saturated heterocycles. The Morgan fingerprint density at radius 2 is 1.73 bits per heavy atom. The predicted octanol–water partition coefficient (Wildman–Crippen LogP) is 2.11. The molecule has 0 amide bonds. The zero-order chi connectivity index (χ0) is 19.0. The Bertz CT molecular complexity index is 890. The van der Waals surface area contributed by atoms with Crippen LogP contribution in [0.25, 0.3) is 0 Å². The van der Waals surface area contributed by atoms with Gasteiger partial charge in [0.05, 0.1) is 16.5 Å². The molecule has 0 bridgehead atoms. The van der Waals surface area contributed by atoms with Gasteiger partial charge in [0.25, 0.3) is 0 Å². The number of esters is 1. The number of hydrogen-bond donors (Lipinski definition) is 1. The Balaban J connectivity index is 1.73. The van der Waals surface area contributed by atoms with Crippen molar-refractivity contribution in [2.75, 3.05) is 19.8 Å². The third-order valence-corrected chi connectivity index (χ3v) is 4.80. The topological polar surface area (TPSA) is 105 Å². The minimum atomic E-state index is -3.86. The van der Waals surface area contributed by atoms with Crippen LogP contribution in [0.1, 0.15) is 5.56 Å². The lowest BCUT2D eigenvalue weighted by Crippen LogP contribution is -2.31. The Morgan fingerprint density at radius 1 is 1.08 bits per heavy atom. The summed E-state index contributed by atoms with van der Waals surface area (Å²) in [5.41, 5.74) is 0.337. The van der Waals surface area contributed by atoms with Crippen LogP contribution in [0.15, 0.2) is 53.4 Å². The van der Waals surface area contributed by atoms with E-state index in [0.717, 1.165) is 0 Å². The summed E-state index contributed by atoms with van der Waals surface area (Å²) in [5.74, 6) is -0.158. The minimum Gasteiger partial charge on any atom is -0.490 e. The van der Waals surface area contributed by atoms with Gasteiger partial charge in [-0.25, -0.2) is 8.42 Å². The second-order valence-electron chi connectivity index (χ2n) is 4.98. The van der Waals surface area contributed by atoms with Crippen molar-refractivity contribution < 1.29 is 22.7 Å². The fourth-order valence-electron chi connectivity index (χ4n) is 1.84. The second kappa shape index (κ2) is 9.20. The van der Waals surface area contributed by atoms with Crippen LogP contribution in [0.2, 0.25) is 5.02 Å². The molecular weight excluding hydrogens is 380 g/mol. The van der Waals surface area contributed by atoms with Crippen molar-refractivity contribution >= 4 is 27.6 Å². The molecule has 26 heavy (non-hydrogen) atoms. The van der Waals surface area contributed by atoms with Gasteiger partial charge in [-0.3, -0.25) is 4.79 Å². The maximum Gasteiger partial charge on any atom is 0.321 e. The Hall–Kier alpha value is -2.60. The van der Waals surface area contributed by atoms with E-state index in [9.17, 15) is 13.2 Å². The molecule has 0 unspecified atom stereocenters. The third kappa shape index (κ3) is 6.04. The van der Waals surface area contributed by atoms with Crippen molar-refractivity contribution in [3.05, 3.63) is 59.1 Å². The highest BCUT2D eigenvalue weighted by Crippen LogP contribution is 2.15. The molecule has 2 rings (SSSR count). The highest BCUT2D eigenvalue weighted by molar-refractivity contribution is 7.89. The first kappa shape index (κ1) is 19.7. The standard InChI is InChI=1S/C17H15ClN2O5S/c18-14-3-5-15(6-4-14)24-9-10-25-17(21)12-20-26(22,23)16-7-1-13(11-19)2-8-16/h1-8,20H,9-10,12H2. The molecule has 9 heteroatoms. The van der Waals surface area contributed by atoms with E-state index < -0.39 is 22.5 Å². The highest BCUT2D eigenvalue weighted by Gasteiger charge is 2.16. The fraction of sp³-hybridized carbons (Fsp3) is 0.176. The van der Waals surface area contributed by atoms with Crippen molar-refractivity contribution in [3.8, 4) is 11.8 Å². The van der Waals surface area contributed by atoms with E-state index in [4.69, 9.17) is 26.3 Å². The zero-order valence-electron chi connectivity index (χ0n) is 13.5. The van der Waals surface area contributed by atoms with E-state index >= 15 is 0 Å². The van der Waals surface area contributed by atoms with Crippen molar-refractivity contribution in [2.24, 2.45) is 0 Å². The third-order valence-electron chi connectivity index (χ3n) is 3.13. The number of carbonyl (C=O) groups is 1. The van der Waals surface area contributed by atoms with E-state index in [0.29, 0.717) is 16.3 Å². The molecule has 2 aromatic rings. The van der Waals surface area contributed by atoms with Crippen LogP contribution in [0.3, 0.4) is 0 Å². The number of nitrogens with zero attached hydrogens (tertiary/aromatic N) is 1. The first-order valence-corrected chi connectivity index (χ1v) is 9.30. The summed E-state index contributed by atoms with van der Waals surface area (Å²) in [6.07, 6.45) is 0. The summed E-state index contributed by atoms with van der Waals surface area (Å²) in [7, 11) is -3.86. The molecule has 0 spiro atoms. The fourth-order valence-corrected chi connectivity index (χ4v) is 2.94. The van der Waals surface area contributed by atoms with Gasteiger partial charge < -0.3 is 9.47 Å². The second-order valence-corrected chi connectivity index (χ2v) is 7.19. The first-order valence-electron chi connectivity index (χ1n) is 7.44.